The Kier molecular flexibility index (Phi) is 9.19. The molecule has 0 heterocycles. The van der Waals surface area contributed by atoms with Gasteiger partial charge in [-0.05, 0) is 68.1 Å². The van der Waals surface area contributed by atoms with Crippen molar-refractivity contribution in [3.63, 3.8) is 0 Å². The molecule has 2 rings (SSSR count). The summed E-state index contributed by atoms with van der Waals surface area (Å²) in [5.74, 6) is 0.775. The Morgan fingerprint density at radius 2 is 1.81 bits per heavy atom. The van der Waals surface area contributed by atoms with Crippen LogP contribution in [0.3, 0.4) is 0 Å². The zero-order valence-corrected chi connectivity index (χ0v) is 19.6. The topological polar surface area (TPSA) is 67.9 Å². The van der Waals surface area contributed by atoms with Gasteiger partial charge in [-0.15, -0.1) is 0 Å². The van der Waals surface area contributed by atoms with Crippen LogP contribution >= 0.6 is 11.6 Å². The maximum atomic E-state index is 13.1. The molecule has 0 aliphatic carbocycles. The average Bonchev–Trinajstić information content (AvgIpc) is 2.77. The third-order valence-electron chi connectivity index (χ3n) is 4.98. The Labute approximate surface area is 189 Å². The Bertz CT molecular complexity index is 893. The fraction of sp³-hybridized carbons (Fsp3) is 0.417. The second-order valence-electron chi connectivity index (χ2n) is 7.50. The van der Waals surface area contributed by atoms with E-state index in [1.165, 1.54) is 4.90 Å². The molecule has 0 aliphatic heterocycles. The number of carbonyl (C=O) groups excluding carboxylic acids is 2. The number of carbonyl (C=O) groups is 2. The number of nitrogens with one attached hydrogen (secondary N) is 1. The number of hydrogen-bond acceptors (Lipinski definition) is 4. The smallest absolute Gasteiger partial charge is 0.261 e. The Morgan fingerprint density at radius 1 is 1.13 bits per heavy atom. The summed E-state index contributed by atoms with van der Waals surface area (Å²) in [5.41, 5.74) is 2.62. The highest BCUT2D eigenvalue weighted by Crippen LogP contribution is 2.26. The van der Waals surface area contributed by atoms with Gasteiger partial charge in [-0.25, -0.2) is 0 Å². The van der Waals surface area contributed by atoms with Crippen molar-refractivity contribution in [1.29, 1.82) is 0 Å². The van der Waals surface area contributed by atoms with Crippen LogP contribution in [0.4, 0.5) is 0 Å². The van der Waals surface area contributed by atoms with Crippen molar-refractivity contribution in [2.45, 2.75) is 46.7 Å². The minimum Gasteiger partial charge on any atom is -0.497 e. The van der Waals surface area contributed by atoms with Gasteiger partial charge in [0.05, 0.1) is 7.11 Å². The van der Waals surface area contributed by atoms with E-state index < -0.39 is 6.04 Å². The molecule has 0 aromatic heterocycles. The van der Waals surface area contributed by atoms with Crippen molar-refractivity contribution in [3.8, 4) is 11.5 Å². The van der Waals surface area contributed by atoms with Crippen molar-refractivity contribution in [2.24, 2.45) is 0 Å². The molecule has 0 bridgehead atoms. The zero-order chi connectivity index (χ0) is 23.0. The normalized spacial score (nSPS) is 11.5. The van der Waals surface area contributed by atoms with E-state index in [9.17, 15) is 9.59 Å². The summed E-state index contributed by atoms with van der Waals surface area (Å²) in [6.07, 6.45) is 0.820. The van der Waals surface area contributed by atoms with E-state index in [1.54, 1.807) is 26.2 Å². The van der Waals surface area contributed by atoms with Gasteiger partial charge < -0.3 is 19.7 Å². The van der Waals surface area contributed by atoms with E-state index in [0.717, 1.165) is 23.1 Å². The van der Waals surface area contributed by atoms with Crippen molar-refractivity contribution in [2.75, 3.05) is 20.3 Å². The second-order valence-corrected chi connectivity index (χ2v) is 7.88. The molecule has 0 saturated heterocycles. The molecule has 6 nitrogen and oxygen atoms in total. The molecule has 0 spiro atoms. The number of ether oxygens (including phenoxy) is 2. The minimum absolute atomic E-state index is 0.185. The molecule has 2 amide bonds. The zero-order valence-electron chi connectivity index (χ0n) is 18.8. The summed E-state index contributed by atoms with van der Waals surface area (Å²) in [6.45, 7) is 8.12. The number of aryl methyl sites for hydroxylation is 2. The largest absolute Gasteiger partial charge is 0.497 e. The number of rotatable bonds is 10. The molecule has 168 valence electrons. The van der Waals surface area contributed by atoms with E-state index in [1.807, 2.05) is 45.0 Å². The van der Waals surface area contributed by atoms with Crippen LogP contribution in [0.25, 0.3) is 0 Å². The van der Waals surface area contributed by atoms with Crippen LogP contribution in [0.5, 0.6) is 11.5 Å². The highest BCUT2D eigenvalue weighted by atomic mass is 35.5. The molecule has 1 N–H and O–H groups in total. The summed E-state index contributed by atoms with van der Waals surface area (Å²) >= 11 is 6.21. The van der Waals surface area contributed by atoms with Crippen LogP contribution in [0.1, 0.15) is 37.0 Å². The standard InChI is InChI=1S/C24H31ClN2O4/c1-6-10-26-24(29)18(4)27(14-19-8-7-9-20(13-19)30-5)22(28)15-31-21-11-16(2)23(25)17(3)12-21/h7-9,11-13,18H,6,10,14-15H2,1-5H3,(H,26,29)/t18-/m1/s1. The van der Waals surface area contributed by atoms with Gasteiger partial charge in [-0.2, -0.15) is 0 Å². The van der Waals surface area contributed by atoms with Gasteiger partial charge in [-0.1, -0.05) is 30.7 Å². The lowest BCUT2D eigenvalue weighted by atomic mass is 10.1. The molecule has 7 heteroatoms. The van der Waals surface area contributed by atoms with E-state index in [2.05, 4.69) is 5.32 Å². The number of nitrogens with zero attached hydrogens (tertiary/aromatic N) is 1. The fourth-order valence-electron chi connectivity index (χ4n) is 3.16. The predicted octanol–water partition coefficient (Wildman–Crippen LogP) is 4.29. The predicted molar refractivity (Wildman–Crippen MR) is 123 cm³/mol. The van der Waals surface area contributed by atoms with Gasteiger partial charge in [0.25, 0.3) is 5.91 Å². The molecule has 2 aromatic carbocycles. The lowest BCUT2D eigenvalue weighted by molar-refractivity contribution is -0.142. The summed E-state index contributed by atoms with van der Waals surface area (Å²) in [6, 6.07) is 10.4. The maximum Gasteiger partial charge on any atom is 0.261 e. The third kappa shape index (κ3) is 6.89. The first-order chi connectivity index (χ1) is 14.8. The average molecular weight is 447 g/mol. The van der Waals surface area contributed by atoms with Crippen LogP contribution in [-0.2, 0) is 16.1 Å². The fourth-order valence-corrected chi connectivity index (χ4v) is 3.27. The highest BCUT2D eigenvalue weighted by molar-refractivity contribution is 6.32. The highest BCUT2D eigenvalue weighted by Gasteiger charge is 2.26. The molecule has 1 atom stereocenters. The molecule has 31 heavy (non-hydrogen) atoms. The van der Waals surface area contributed by atoms with E-state index >= 15 is 0 Å². The molecular formula is C24H31ClN2O4. The first kappa shape index (κ1) is 24.5. The summed E-state index contributed by atoms with van der Waals surface area (Å²) in [5, 5.41) is 3.54. The lowest BCUT2D eigenvalue weighted by Gasteiger charge is -2.29. The van der Waals surface area contributed by atoms with Gasteiger partial charge in [0.15, 0.2) is 6.61 Å². The van der Waals surface area contributed by atoms with E-state index in [-0.39, 0.29) is 25.0 Å². The number of halogens is 1. The molecule has 0 saturated carbocycles. The Morgan fingerprint density at radius 3 is 2.42 bits per heavy atom. The van der Waals surface area contributed by atoms with Gasteiger partial charge in [-0.3, -0.25) is 9.59 Å². The van der Waals surface area contributed by atoms with Crippen molar-refractivity contribution in [3.05, 3.63) is 58.1 Å². The Hall–Kier alpha value is -2.73. The SMILES string of the molecule is CCCNC(=O)[C@@H](C)N(Cc1cccc(OC)c1)C(=O)COc1cc(C)c(Cl)c(C)c1. The minimum atomic E-state index is -0.650. The van der Waals surface area contributed by atoms with Crippen molar-refractivity contribution in [1.82, 2.24) is 10.2 Å². The number of benzene rings is 2. The maximum absolute atomic E-state index is 13.1. The summed E-state index contributed by atoms with van der Waals surface area (Å²) < 4.78 is 11.0. The van der Waals surface area contributed by atoms with Gasteiger partial charge in [0.2, 0.25) is 5.91 Å². The lowest BCUT2D eigenvalue weighted by Crippen LogP contribution is -2.49. The van der Waals surface area contributed by atoms with Crippen LogP contribution in [0.15, 0.2) is 36.4 Å². The van der Waals surface area contributed by atoms with Crippen LogP contribution in [0, 0.1) is 13.8 Å². The third-order valence-corrected chi connectivity index (χ3v) is 5.57. The monoisotopic (exact) mass is 446 g/mol. The summed E-state index contributed by atoms with van der Waals surface area (Å²) in [7, 11) is 1.59. The quantitative estimate of drug-likeness (QED) is 0.591. The molecule has 0 unspecified atom stereocenters. The van der Waals surface area contributed by atoms with Crippen LogP contribution < -0.4 is 14.8 Å². The van der Waals surface area contributed by atoms with E-state index in [0.29, 0.717) is 23.1 Å². The van der Waals surface area contributed by atoms with Crippen molar-refractivity contribution < 1.29 is 19.1 Å². The van der Waals surface area contributed by atoms with Gasteiger partial charge in [0.1, 0.15) is 17.5 Å². The molecule has 0 aliphatic rings. The molecule has 0 fully saturated rings. The van der Waals surface area contributed by atoms with Crippen LogP contribution in [0.2, 0.25) is 5.02 Å². The first-order valence-corrected chi connectivity index (χ1v) is 10.7. The van der Waals surface area contributed by atoms with Gasteiger partial charge >= 0.3 is 0 Å². The Balaban J connectivity index is 2.19. The van der Waals surface area contributed by atoms with E-state index in [4.69, 9.17) is 21.1 Å². The summed E-state index contributed by atoms with van der Waals surface area (Å²) in [4.78, 5) is 27.2. The molecular weight excluding hydrogens is 416 g/mol. The van der Waals surface area contributed by atoms with Crippen molar-refractivity contribution >= 4 is 23.4 Å². The van der Waals surface area contributed by atoms with Crippen LogP contribution in [-0.4, -0.2) is 43.0 Å². The van der Waals surface area contributed by atoms with Gasteiger partial charge in [0, 0.05) is 18.1 Å². The number of hydrogen-bond donors (Lipinski definition) is 1. The second kappa shape index (κ2) is 11.6. The number of methoxy groups -OCH3 is 1. The molecule has 2 aromatic rings. The molecule has 0 radical (unpaired) electrons. The number of amides is 2. The first-order valence-electron chi connectivity index (χ1n) is 10.4.